The van der Waals surface area contributed by atoms with Crippen LogP contribution >= 0.6 is 0 Å². The first-order valence-electron chi connectivity index (χ1n) is 11.8. The minimum atomic E-state index is -0.604. The van der Waals surface area contributed by atoms with Crippen LogP contribution in [0.2, 0.25) is 0 Å². The van der Waals surface area contributed by atoms with E-state index in [0.717, 1.165) is 27.6 Å². The molecule has 2 amide bonds. The summed E-state index contributed by atoms with van der Waals surface area (Å²) in [6, 6.07) is 28.3. The molecule has 4 aromatic rings. The average molecular weight is 496 g/mol. The number of nitrogens with one attached hydrogen (secondary N) is 2. The normalized spacial score (nSPS) is 11.2. The van der Waals surface area contributed by atoms with Crippen LogP contribution in [0.15, 0.2) is 96.6 Å². The highest BCUT2D eigenvalue weighted by Gasteiger charge is 2.13. The standard InChI is InChI=1S/C30H29N3O4/c1-33(2)26-16-12-22(13-17-26)19-31-29(34)25(18-21-10-14-24(15-11-21)30(35)32-36)20-37-28-9-5-7-23-6-3-4-8-27(23)28/h3-18,36H,19-20H2,1-2H3,(H,31,34)(H,32,35). The molecule has 0 radical (unpaired) electrons. The van der Waals surface area contributed by atoms with Crippen LogP contribution in [0.25, 0.3) is 16.8 Å². The van der Waals surface area contributed by atoms with Crippen LogP contribution in [-0.2, 0) is 11.3 Å². The molecule has 0 heterocycles. The van der Waals surface area contributed by atoms with E-state index in [0.29, 0.717) is 23.4 Å². The number of hydrogen-bond donors (Lipinski definition) is 3. The number of hydroxylamine groups is 1. The Bertz CT molecular complexity index is 1410. The Morgan fingerprint density at radius 1 is 0.892 bits per heavy atom. The van der Waals surface area contributed by atoms with Gasteiger partial charge in [-0.25, -0.2) is 5.48 Å². The van der Waals surface area contributed by atoms with Crippen molar-refractivity contribution in [1.29, 1.82) is 0 Å². The first-order valence-corrected chi connectivity index (χ1v) is 11.8. The van der Waals surface area contributed by atoms with Crippen molar-refractivity contribution < 1.29 is 19.5 Å². The molecule has 0 spiro atoms. The molecule has 0 atom stereocenters. The summed E-state index contributed by atoms with van der Waals surface area (Å²) in [5.74, 6) is -0.173. The van der Waals surface area contributed by atoms with E-state index in [4.69, 9.17) is 9.94 Å². The summed E-state index contributed by atoms with van der Waals surface area (Å²) < 4.78 is 6.12. The van der Waals surface area contributed by atoms with Crippen molar-refractivity contribution >= 4 is 34.4 Å². The van der Waals surface area contributed by atoms with Gasteiger partial charge in [0.2, 0.25) is 0 Å². The number of carbonyl (C=O) groups is 2. The molecule has 0 unspecified atom stereocenters. The SMILES string of the molecule is CN(C)c1ccc(CNC(=O)C(=Cc2ccc(C(=O)NO)cc2)COc2cccc3ccccc23)cc1. The number of ether oxygens (including phenoxy) is 1. The minimum absolute atomic E-state index is 0.0539. The molecular weight excluding hydrogens is 466 g/mol. The van der Waals surface area contributed by atoms with Crippen molar-refractivity contribution in [2.45, 2.75) is 6.54 Å². The Morgan fingerprint density at radius 3 is 2.30 bits per heavy atom. The Balaban J connectivity index is 1.54. The maximum Gasteiger partial charge on any atom is 0.274 e. The molecule has 0 aliphatic heterocycles. The van der Waals surface area contributed by atoms with Gasteiger partial charge in [-0.3, -0.25) is 14.8 Å². The zero-order valence-electron chi connectivity index (χ0n) is 20.8. The molecule has 0 fully saturated rings. The van der Waals surface area contributed by atoms with Crippen LogP contribution in [0.5, 0.6) is 5.75 Å². The summed E-state index contributed by atoms with van der Waals surface area (Å²) in [5, 5.41) is 13.8. The molecule has 4 aromatic carbocycles. The number of rotatable bonds is 9. The zero-order chi connectivity index (χ0) is 26.2. The second kappa shape index (κ2) is 11.9. The van der Waals surface area contributed by atoms with Crippen molar-refractivity contribution in [3.05, 3.63) is 113 Å². The Morgan fingerprint density at radius 2 is 1.59 bits per heavy atom. The van der Waals surface area contributed by atoms with E-state index in [1.165, 1.54) is 0 Å². The van der Waals surface area contributed by atoms with Crippen LogP contribution in [0.4, 0.5) is 5.69 Å². The van der Waals surface area contributed by atoms with Gasteiger partial charge in [-0.2, -0.15) is 0 Å². The molecule has 7 nitrogen and oxygen atoms in total. The maximum atomic E-state index is 13.2. The molecule has 7 heteroatoms. The van der Waals surface area contributed by atoms with Gasteiger partial charge in [-0.05, 0) is 52.9 Å². The number of benzene rings is 4. The molecule has 0 aromatic heterocycles. The predicted molar refractivity (Wildman–Crippen MR) is 146 cm³/mol. The molecule has 0 saturated heterocycles. The smallest absolute Gasteiger partial charge is 0.274 e. The second-order valence-electron chi connectivity index (χ2n) is 8.74. The topological polar surface area (TPSA) is 90.9 Å². The number of amides is 2. The summed E-state index contributed by atoms with van der Waals surface area (Å²) in [7, 11) is 3.96. The third kappa shape index (κ3) is 6.54. The number of carbonyl (C=O) groups excluding carboxylic acids is 2. The summed E-state index contributed by atoms with van der Waals surface area (Å²) in [6.07, 6.45) is 1.73. The van der Waals surface area contributed by atoms with Crippen molar-refractivity contribution in [1.82, 2.24) is 10.8 Å². The Labute approximate surface area is 216 Å². The molecule has 0 aliphatic carbocycles. The van der Waals surface area contributed by atoms with Gasteiger partial charge in [-0.1, -0.05) is 60.7 Å². The first-order chi connectivity index (χ1) is 17.9. The molecular formula is C30H29N3O4. The number of fused-ring (bicyclic) bond motifs is 1. The van der Waals surface area contributed by atoms with Gasteiger partial charge >= 0.3 is 0 Å². The van der Waals surface area contributed by atoms with Crippen molar-refractivity contribution in [2.24, 2.45) is 0 Å². The Hall–Kier alpha value is -4.62. The van der Waals surface area contributed by atoms with Crippen LogP contribution in [0.3, 0.4) is 0 Å². The summed E-state index contributed by atoms with van der Waals surface area (Å²) >= 11 is 0. The fourth-order valence-corrected chi connectivity index (χ4v) is 3.85. The molecule has 0 saturated carbocycles. The van der Waals surface area contributed by atoms with Crippen LogP contribution in [0, 0.1) is 0 Å². The number of nitrogens with zero attached hydrogens (tertiary/aromatic N) is 1. The van der Waals surface area contributed by atoms with Gasteiger partial charge in [0.25, 0.3) is 11.8 Å². The van der Waals surface area contributed by atoms with E-state index < -0.39 is 5.91 Å². The summed E-state index contributed by atoms with van der Waals surface area (Å²) in [5.41, 5.74) is 5.13. The summed E-state index contributed by atoms with van der Waals surface area (Å²) in [6.45, 7) is 0.423. The predicted octanol–water partition coefficient (Wildman–Crippen LogP) is 4.80. The lowest BCUT2D eigenvalue weighted by Gasteiger charge is -2.14. The van der Waals surface area contributed by atoms with Crippen LogP contribution < -0.4 is 20.4 Å². The average Bonchev–Trinajstić information content (AvgIpc) is 2.94. The van der Waals surface area contributed by atoms with E-state index >= 15 is 0 Å². The Kier molecular flexibility index (Phi) is 8.18. The largest absolute Gasteiger partial charge is 0.488 e. The van der Waals surface area contributed by atoms with Gasteiger partial charge < -0.3 is 15.0 Å². The highest BCUT2D eigenvalue weighted by molar-refractivity contribution is 5.98. The van der Waals surface area contributed by atoms with Crippen molar-refractivity contribution in [3.63, 3.8) is 0 Å². The molecule has 3 N–H and O–H groups in total. The first kappa shape index (κ1) is 25.5. The van der Waals surface area contributed by atoms with Gasteiger partial charge in [0.05, 0.1) is 5.57 Å². The third-order valence-corrected chi connectivity index (χ3v) is 5.95. The molecule has 4 rings (SSSR count). The van der Waals surface area contributed by atoms with E-state index in [2.05, 4.69) is 5.32 Å². The molecule has 0 bridgehead atoms. The van der Waals surface area contributed by atoms with E-state index in [1.54, 1.807) is 35.8 Å². The van der Waals surface area contributed by atoms with Gasteiger partial charge in [0.1, 0.15) is 12.4 Å². The highest BCUT2D eigenvalue weighted by atomic mass is 16.5. The number of anilines is 1. The molecule has 0 aliphatic rings. The van der Waals surface area contributed by atoms with Crippen molar-refractivity contribution in [3.8, 4) is 5.75 Å². The van der Waals surface area contributed by atoms with Gasteiger partial charge in [0, 0.05) is 37.3 Å². The zero-order valence-corrected chi connectivity index (χ0v) is 20.8. The lowest BCUT2D eigenvalue weighted by molar-refractivity contribution is -0.117. The highest BCUT2D eigenvalue weighted by Crippen LogP contribution is 2.26. The lowest BCUT2D eigenvalue weighted by Crippen LogP contribution is -2.27. The fourth-order valence-electron chi connectivity index (χ4n) is 3.85. The quantitative estimate of drug-likeness (QED) is 0.176. The molecule has 188 valence electrons. The van der Waals surface area contributed by atoms with E-state index in [-0.39, 0.29) is 12.5 Å². The monoisotopic (exact) mass is 495 g/mol. The fraction of sp³-hybridized carbons (Fsp3) is 0.133. The van der Waals surface area contributed by atoms with E-state index in [1.807, 2.05) is 85.7 Å². The summed E-state index contributed by atoms with van der Waals surface area (Å²) in [4.78, 5) is 26.9. The van der Waals surface area contributed by atoms with E-state index in [9.17, 15) is 9.59 Å². The van der Waals surface area contributed by atoms with Crippen LogP contribution in [-0.4, -0.2) is 37.7 Å². The third-order valence-electron chi connectivity index (χ3n) is 5.95. The maximum absolute atomic E-state index is 13.2. The van der Waals surface area contributed by atoms with Crippen LogP contribution in [0.1, 0.15) is 21.5 Å². The number of hydrogen-bond acceptors (Lipinski definition) is 5. The van der Waals surface area contributed by atoms with Gasteiger partial charge in [-0.15, -0.1) is 0 Å². The molecule has 37 heavy (non-hydrogen) atoms. The minimum Gasteiger partial charge on any atom is -0.488 e. The van der Waals surface area contributed by atoms with Gasteiger partial charge in [0.15, 0.2) is 0 Å². The van der Waals surface area contributed by atoms with Crippen molar-refractivity contribution in [2.75, 3.05) is 25.6 Å². The second-order valence-corrected chi connectivity index (χ2v) is 8.74. The lowest BCUT2D eigenvalue weighted by atomic mass is 10.1.